The molecule has 0 aliphatic heterocycles. The van der Waals surface area contributed by atoms with E-state index in [0.29, 0.717) is 11.1 Å². The number of hydrogen-bond acceptors (Lipinski definition) is 3. The molecule has 0 fully saturated rings. The Morgan fingerprint density at radius 2 is 1.89 bits per heavy atom. The molecule has 0 amide bonds. The molecule has 4 nitrogen and oxygen atoms in total. The van der Waals surface area contributed by atoms with Gasteiger partial charge in [0.05, 0.1) is 18.1 Å². The molecule has 0 spiro atoms. The van der Waals surface area contributed by atoms with Gasteiger partial charge in [-0.05, 0) is 48.4 Å². The van der Waals surface area contributed by atoms with Crippen LogP contribution in [0.2, 0.25) is 0 Å². The molecule has 0 bridgehead atoms. The fourth-order valence-corrected chi connectivity index (χ4v) is 3.32. The summed E-state index contributed by atoms with van der Waals surface area (Å²) in [5.41, 5.74) is 10.5. The molecule has 2 N–H and O–H groups in total. The number of halogens is 2. The SMILES string of the molecule is COc1c(F)cc(F)cc1-c1cccc(-n2cnc3cc([C@@H](C)N)ccc32)c1. The maximum absolute atomic E-state index is 14.1. The molecule has 0 aliphatic carbocycles. The maximum atomic E-state index is 14.1. The van der Waals surface area contributed by atoms with Crippen LogP contribution in [-0.2, 0) is 0 Å². The Morgan fingerprint density at radius 3 is 2.64 bits per heavy atom. The number of nitrogens with zero attached hydrogens (tertiary/aromatic N) is 2. The molecular formula is C22H19F2N3O. The summed E-state index contributed by atoms with van der Waals surface area (Å²) in [6.45, 7) is 1.92. The van der Waals surface area contributed by atoms with Crippen molar-refractivity contribution in [3.63, 3.8) is 0 Å². The molecule has 0 saturated heterocycles. The zero-order valence-corrected chi connectivity index (χ0v) is 15.5. The Balaban J connectivity index is 1.84. The van der Waals surface area contributed by atoms with Crippen LogP contribution in [0.5, 0.6) is 5.75 Å². The number of imidazole rings is 1. The minimum Gasteiger partial charge on any atom is -0.493 e. The van der Waals surface area contributed by atoms with E-state index in [1.807, 2.05) is 47.9 Å². The summed E-state index contributed by atoms with van der Waals surface area (Å²) in [5.74, 6) is -1.38. The number of rotatable bonds is 4. The molecule has 1 heterocycles. The number of aromatic nitrogens is 2. The van der Waals surface area contributed by atoms with Gasteiger partial charge in [-0.15, -0.1) is 0 Å². The van der Waals surface area contributed by atoms with E-state index in [1.54, 1.807) is 12.4 Å². The number of hydrogen-bond donors (Lipinski definition) is 1. The van der Waals surface area contributed by atoms with Crippen LogP contribution in [0.15, 0.2) is 60.9 Å². The van der Waals surface area contributed by atoms with E-state index in [0.717, 1.165) is 28.4 Å². The van der Waals surface area contributed by atoms with Crippen LogP contribution in [0.25, 0.3) is 27.8 Å². The average Bonchev–Trinajstić information content (AvgIpc) is 3.10. The van der Waals surface area contributed by atoms with Crippen LogP contribution in [-0.4, -0.2) is 16.7 Å². The van der Waals surface area contributed by atoms with E-state index < -0.39 is 11.6 Å². The number of ether oxygens (including phenoxy) is 1. The summed E-state index contributed by atoms with van der Waals surface area (Å²) >= 11 is 0. The molecule has 142 valence electrons. The fourth-order valence-electron chi connectivity index (χ4n) is 3.32. The number of methoxy groups -OCH3 is 1. The van der Waals surface area contributed by atoms with Crippen LogP contribution in [0, 0.1) is 11.6 Å². The van der Waals surface area contributed by atoms with Crippen molar-refractivity contribution >= 4 is 11.0 Å². The van der Waals surface area contributed by atoms with Crippen molar-refractivity contribution < 1.29 is 13.5 Å². The second kappa shape index (κ2) is 7.05. The van der Waals surface area contributed by atoms with Gasteiger partial charge in [-0.1, -0.05) is 18.2 Å². The van der Waals surface area contributed by atoms with E-state index in [1.165, 1.54) is 13.2 Å². The molecule has 0 radical (unpaired) electrons. The van der Waals surface area contributed by atoms with E-state index in [4.69, 9.17) is 10.5 Å². The largest absolute Gasteiger partial charge is 0.493 e. The third kappa shape index (κ3) is 3.12. The van der Waals surface area contributed by atoms with E-state index >= 15 is 0 Å². The molecule has 28 heavy (non-hydrogen) atoms. The van der Waals surface area contributed by atoms with Gasteiger partial charge < -0.3 is 10.5 Å². The van der Waals surface area contributed by atoms with Crippen LogP contribution in [0.4, 0.5) is 8.78 Å². The van der Waals surface area contributed by atoms with Crippen molar-refractivity contribution in [1.29, 1.82) is 0 Å². The van der Waals surface area contributed by atoms with Gasteiger partial charge >= 0.3 is 0 Å². The Hall–Kier alpha value is -3.25. The average molecular weight is 379 g/mol. The van der Waals surface area contributed by atoms with Gasteiger partial charge in [0.2, 0.25) is 0 Å². The Kier molecular flexibility index (Phi) is 4.57. The normalized spacial score (nSPS) is 12.3. The van der Waals surface area contributed by atoms with E-state index in [9.17, 15) is 8.78 Å². The predicted octanol–water partition coefficient (Wildman–Crippen LogP) is 5.00. The molecule has 1 aromatic heterocycles. The zero-order chi connectivity index (χ0) is 19.8. The molecule has 4 aromatic rings. The van der Waals surface area contributed by atoms with Crippen molar-refractivity contribution in [1.82, 2.24) is 9.55 Å². The van der Waals surface area contributed by atoms with Crippen molar-refractivity contribution in [3.05, 3.63) is 78.1 Å². The second-order valence-electron chi connectivity index (χ2n) is 6.67. The highest BCUT2D eigenvalue weighted by Crippen LogP contribution is 2.34. The monoisotopic (exact) mass is 379 g/mol. The number of benzene rings is 3. The molecule has 6 heteroatoms. The van der Waals surface area contributed by atoms with Gasteiger partial charge in [0.15, 0.2) is 11.6 Å². The minimum atomic E-state index is -0.737. The first-order valence-electron chi connectivity index (χ1n) is 8.84. The van der Waals surface area contributed by atoms with Gasteiger partial charge in [0.25, 0.3) is 0 Å². The van der Waals surface area contributed by atoms with Gasteiger partial charge in [0.1, 0.15) is 12.1 Å². The van der Waals surface area contributed by atoms with Gasteiger partial charge in [-0.3, -0.25) is 4.57 Å². The predicted molar refractivity (Wildman–Crippen MR) is 106 cm³/mol. The molecule has 3 aromatic carbocycles. The fraction of sp³-hybridized carbons (Fsp3) is 0.136. The molecule has 0 aliphatic rings. The summed E-state index contributed by atoms with van der Waals surface area (Å²) in [4.78, 5) is 4.47. The van der Waals surface area contributed by atoms with Crippen LogP contribution >= 0.6 is 0 Å². The van der Waals surface area contributed by atoms with E-state index in [-0.39, 0.29) is 11.8 Å². The first-order valence-corrected chi connectivity index (χ1v) is 8.84. The maximum Gasteiger partial charge on any atom is 0.168 e. The molecule has 0 saturated carbocycles. The van der Waals surface area contributed by atoms with Crippen molar-refractivity contribution in [2.45, 2.75) is 13.0 Å². The summed E-state index contributed by atoms with van der Waals surface area (Å²) in [5, 5.41) is 0. The molecular weight excluding hydrogens is 360 g/mol. The van der Waals surface area contributed by atoms with Gasteiger partial charge in [-0.2, -0.15) is 0 Å². The lowest BCUT2D eigenvalue weighted by atomic mass is 10.0. The summed E-state index contributed by atoms with van der Waals surface area (Å²) in [6.07, 6.45) is 1.72. The quantitative estimate of drug-likeness (QED) is 0.543. The lowest BCUT2D eigenvalue weighted by Crippen LogP contribution is -2.04. The van der Waals surface area contributed by atoms with Crippen LogP contribution in [0.3, 0.4) is 0 Å². The first kappa shape index (κ1) is 18.1. The van der Waals surface area contributed by atoms with Crippen molar-refractivity contribution in [2.75, 3.05) is 7.11 Å². The highest BCUT2D eigenvalue weighted by Gasteiger charge is 2.15. The standard InChI is InChI=1S/C22H19F2N3O/c1-13(25)14-6-7-21-20(9-14)26-12-27(21)17-5-3-4-15(8-17)18-10-16(23)11-19(24)22(18)28-2/h3-13H,25H2,1-2H3/t13-/m1/s1. The highest BCUT2D eigenvalue weighted by molar-refractivity contribution is 5.79. The second-order valence-corrected chi connectivity index (χ2v) is 6.67. The smallest absolute Gasteiger partial charge is 0.168 e. The van der Waals surface area contributed by atoms with E-state index in [2.05, 4.69) is 4.98 Å². The lowest BCUT2D eigenvalue weighted by molar-refractivity contribution is 0.386. The third-order valence-corrected chi connectivity index (χ3v) is 4.74. The Morgan fingerprint density at radius 1 is 1.07 bits per heavy atom. The molecule has 0 unspecified atom stereocenters. The zero-order valence-electron chi connectivity index (χ0n) is 15.5. The van der Waals surface area contributed by atoms with Crippen molar-refractivity contribution in [3.8, 4) is 22.6 Å². The lowest BCUT2D eigenvalue weighted by Gasteiger charge is -2.12. The van der Waals surface area contributed by atoms with Gasteiger partial charge in [-0.25, -0.2) is 13.8 Å². The number of fused-ring (bicyclic) bond motifs is 1. The molecule has 4 rings (SSSR count). The highest BCUT2D eigenvalue weighted by atomic mass is 19.1. The Bertz CT molecular complexity index is 1170. The minimum absolute atomic E-state index is 0.00983. The Labute approximate surface area is 161 Å². The van der Waals surface area contributed by atoms with Crippen LogP contribution < -0.4 is 10.5 Å². The summed E-state index contributed by atoms with van der Waals surface area (Å²) in [7, 11) is 1.36. The topological polar surface area (TPSA) is 53.1 Å². The number of nitrogens with two attached hydrogens (primary N) is 1. The summed E-state index contributed by atoms with van der Waals surface area (Å²) in [6, 6.07) is 15.3. The first-order chi connectivity index (χ1) is 13.5. The van der Waals surface area contributed by atoms with Crippen LogP contribution in [0.1, 0.15) is 18.5 Å². The van der Waals surface area contributed by atoms with Gasteiger partial charge in [0, 0.05) is 23.4 Å². The third-order valence-electron chi connectivity index (χ3n) is 4.74. The summed E-state index contributed by atoms with van der Waals surface area (Å²) < 4.78 is 35.0. The van der Waals surface area contributed by atoms with Crippen molar-refractivity contribution in [2.24, 2.45) is 5.73 Å². The molecule has 1 atom stereocenters.